The number of carbonyl (C=O) groups excluding carboxylic acids is 1. The normalized spacial score (nSPS) is 13.6. The van der Waals surface area contributed by atoms with Gasteiger partial charge in [-0.3, -0.25) is 9.78 Å². The van der Waals surface area contributed by atoms with E-state index in [2.05, 4.69) is 54.6 Å². The molecular formula is C29H27N7O2S. The first-order valence-corrected chi connectivity index (χ1v) is 13.5. The average molecular weight is 538 g/mol. The summed E-state index contributed by atoms with van der Waals surface area (Å²) in [6.07, 6.45) is 3.50. The molecule has 0 saturated carbocycles. The van der Waals surface area contributed by atoms with Crippen LogP contribution in [0.3, 0.4) is 0 Å². The van der Waals surface area contributed by atoms with Crippen LogP contribution < -0.4 is 15.0 Å². The first-order valence-electron chi connectivity index (χ1n) is 12.7. The lowest BCUT2D eigenvalue weighted by Crippen LogP contribution is -2.48. The smallest absolute Gasteiger partial charge is 0.219 e. The second-order valence-corrected chi connectivity index (χ2v) is 10.3. The van der Waals surface area contributed by atoms with Crippen molar-refractivity contribution >= 4 is 56.8 Å². The molecule has 6 rings (SSSR count). The number of fused-ring (bicyclic) bond motifs is 2. The van der Waals surface area contributed by atoms with E-state index in [1.54, 1.807) is 38.2 Å². The molecule has 1 N–H and O–H groups in total. The summed E-state index contributed by atoms with van der Waals surface area (Å²) in [5, 5.41) is 14.6. The maximum Gasteiger partial charge on any atom is 0.219 e. The maximum atomic E-state index is 11.7. The fraction of sp³-hybridized carbons (Fsp3) is 0.207. The van der Waals surface area contributed by atoms with Gasteiger partial charge in [0.1, 0.15) is 11.3 Å². The lowest BCUT2D eigenvalue weighted by Gasteiger charge is -2.35. The Morgan fingerprint density at radius 2 is 1.72 bits per heavy atom. The zero-order chi connectivity index (χ0) is 26.8. The number of hydrogen-bond donors (Lipinski definition) is 1. The number of aromatic nitrogens is 4. The largest absolute Gasteiger partial charge is 0.495 e. The van der Waals surface area contributed by atoms with E-state index in [0.29, 0.717) is 24.7 Å². The Kier molecular flexibility index (Phi) is 6.85. The number of nitrogens with one attached hydrogen (secondary N) is 1. The van der Waals surface area contributed by atoms with Crippen molar-refractivity contribution in [2.45, 2.75) is 16.7 Å². The summed E-state index contributed by atoms with van der Waals surface area (Å²) >= 11 is 1.64. The Bertz CT molecular complexity index is 1650. The zero-order valence-corrected chi connectivity index (χ0v) is 22.5. The third kappa shape index (κ3) is 5.15. The number of benzene rings is 2. The van der Waals surface area contributed by atoms with Crippen LogP contribution >= 0.6 is 11.8 Å². The van der Waals surface area contributed by atoms with Gasteiger partial charge < -0.3 is 19.9 Å². The van der Waals surface area contributed by atoms with E-state index in [1.807, 2.05) is 41.3 Å². The molecule has 0 aliphatic carbocycles. The molecule has 10 heteroatoms. The van der Waals surface area contributed by atoms with Gasteiger partial charge in [-0.05, 0) is 30.3 Å². The molecule has 9 nitrogen and oxygen atoms in total. The Morgan fingerprint density at radius 3 is 2.46 bits per heavy atom. The second kappa shape index (κ2) is 10.7. The highest BCUT2D eigenvalue weighted by molar-refractivity contribution is 7.99. The van der Waals surface area contributed by atoms with E-state index in [0.717, 1.165) is 56.2 Å². The molecule has 1 amide bonds. The van der Waals surface area contributed by atoms with Gasteiger partial charge in [-0.2, -0.15) is 0 Å². The van der Waals surface area contributed by atoms with Crippen LogP contribution in [0.15, 0.2) is 82.8 Å². The summed E-state index contributed by atoms with van der Waals surface area (Å²) in [7, 11) is 1.62. The van der Waals surface area contributed by atoms with Gasteiger partial charge in [0.05, 0.1) is 18.8 Å². The van der Waals surface area contributed by atoms with Crippen molar-refractivity contribution in [1.82, 2.24) is 25.1 Å². The van der Waals surface area contributed by atoms with E-state index >= 15 is 0 Å². The van der Waals surface area contributed by atoms with Gasteiger partial charge in [0.25, 0.3) is 0 Å². The van der Waals surface area contributed by atoms with Crippen LogP contribution in [0.5, 0.6) is 5.75 Å². The van der Waals surface area contributed by atoms with Gasteiger partial charge in [0, 0.05) is 71.6 Å². The molecule has 0 unspecified atom stereocenters. The molecule has 1 aliphatic rings. The number of anilines is 3. The number of piperazine rings is 1. The monoisotopic (exact) mass is 537 g/mol. The third-order valence-corrected chi connectivity index (χ3v) is 7.85. The first-order chi connectivity index (χ1) is 19.1. The number of hydrogen-bond acceptors (Lipinski definition) is 9. The van der Waals surface area contributed by atoms with Crippen LogP contribution in [0.2, 0.25) is 0 Å². The van der Waals surface area contributed by atoms with Crippen LogP contribution in [0.4, 0.5) is 17.3 Å². The van der Waals surface area contributed by atoms with Crippen LogP contribution in [0, 0.1) is 0 Å². The van der Waals surface area contributed by atoms with Crippen molar-refractivity contribution in [1.29, 1.82) is 0 Å². The molecule has 1 aliphatic heterocycles. The number of ether oxygens (including phenoxy) is 1. The minimum Gasteiger partial charge on any atom is -0.495 e. The molecule has 4 heterocycles. The molecule has 0 bridgehead atoms. The minimum absolute atomic E-state index is 0.112. The first kappa shape index (κ1) is 24.9. The van der Waals surface area contributed by atoms with Crippen molar-refractivity contribution in [2.75, 3.05) is 43.5 Å². The third-order valence-electron chi connectivity index (χ3n) is 6.79. The SMILES string of the molecule is COc1cnc2c(Sc3ccc(Nc4nnc(N5CCN(C(C)=O)CC5)c5ccccc45)cc3)ccnc2c1. The molecule has 1 saturated heterocycles. The summed E-state index contributed by atoms with van der Waals surface area (Å²) in [6.45, 7) is 4.47. The minimum atomic E-state index is 0.112. The molecule has 39 heavy (non-hydrogen) atoms. The highest BCUT2D eigenvalue weighted by atomic mass is 32.2. The standard InChI is InChI=1S/C29H27N7O2S/c1-19(37)35-13-15-36(16-14-35)29-24-6-4-3-5-23(24)28(33-34-29)32-20-7-9-22(10-8-20)39-26-11-12-30-25-17-21(38-2)18-31-27(25)26/h3-12,17-18H,13-16H2,1-2H3,(H,32,33). The van der Waals surface area contributed by atoms with Crippen molar-refractivity contribution in [3.63, 3.8) is 0 Å². The van der Waals surface area contributed by atoms with E-state index in [-0.39, 0.29) is 5.91 Å². The predicted molar refractivity (Wildman–Crippen MR) is 154 cm³/mol. The molecule has 0 spiro atoms. The summed E-state index contributed by atoms with van der Waals surface area (Å²) < 4.78 is 5.28. The molecular weight excluding hydrogens is 510 g/mol. The summed E-state index contributed by atoms with van der Waals surface area (Å²) in [5.74, 6) is 2.35. The van der Waals surface area contributed by atoms with Crippen LogP contribution in [0.1, 0.15) is 6.92 Å². The Balaban J connectivity index is 1.21. The zero-order valence-electron chi connectivity index (χ0n) is 21.7. The molecule has 5 aromatic rings. The summed E-state index contributed by atoms with van der Waals surface area (Å²) in [6, 6.07) is 20.2. The fourth-order valence-electron chi connectivity index (χ4n) is 4.70. The number of carbonyl (C=O) groups is 1. The Morgan fingerprint density at radius 1 is 0.949 bits per heavy atom. The molecule has 196 valence electrons. The number of nitrogens with zero attached hydrogens (tertiary/aromatic N) is 6. The topological polar surface area (TPSA) is 96.4 Å². The van der Waals surface area contributed by atoms with Gasteiger partial charge >= 0.3 is 0 Å². The Labute approximate surface area is 230 Å². The van der Waals surface area contributed by atoms with Crippen LogP contribution in [-0.4, -0.2) is 64.3 Å². The highest BCUT2D eigenvalue weighted by Gasteiger charge is 2.22. The summed E-state index contributed by atoms with van der Waals surface area (Å²) in [5.41, 5.74) is 2.56. The van der Waals surface area contributed by atoms with Crippen molar-refractivity contribution in [2.24, 2.45) is 0 Å². The van der Waals surface area contributed by atoms with E-state index in [4.69, 9.17) is 4.74 Å². The quantitative estimate of drug-likeness (QED) is 0.316. The molecule has 1 fully saturated rings. The van der Waals surface area contributed by atoms with Gasteiger partial charge in [-0.25, -0.2) is 4.98 Å². The maximum absolute atomic E-state index is 11.7. The van der Waals surface area contributed by atoms with Gasteiger partial charge in [-0.1, -0.05) is 36.0 Å². The molecule has 0 atom stereocenters. The lowest BCUT2D eigenvalue weighted by molar-refractivity contribution is -0.129. The number of methoxy groups -OCH3 is 1. The number of pyridine rings is 2. The molecule has 0 radical (unpaired) electrons. The summed E-state index contributed by atoms with van der Waals surface area (Å²) in [4.78, 5) is 26.9. The predicted octanol–water partition coefficient (Wildman–Crippen LogP) is 5.14. The van der Waals surface area contributed by atoms with E-state index < -0.39 is 0 Å². The molecule has 3 aromatic heterocycles. The van der Waals surface area contributed by atoms with Crippen molar-refractivity contribution in [3.05, 3.63) is 73.1 Å². The molecule has 2 aromatic carbocycles. The number of amides is 1. The Hall–Kier alpha value is -4.44. The van der Waals surface area contributed by atoms with E-state index in [9.17, 15) is 4.79 Å². The fourth-order valence-corrected chi connectivity index (χ4v) is 5.61. The number of rotatable bonds is 6. The van der Waals surface area contributed by atoms with Crippen LogP contribution in [-0.2, 0) is 4.79 Å². The van der Waals surface area contributed by atoms with Crippen molar-refractivity contribution in [3.8, 4) is 5.75 Å². The highest BCUT2D eigenvalue weighted by Crippen LogP contribution is 2.34. The second-order valence-electron chi connectivity index (χ2n) is 9.21. The van der Waals surface area contributed by atoms with Crippen LogP contribution in [0.25, 0.3) is 21.8 Å². The van der Waals surface area contributed by atoms with Crippen molar-refractivity contribution < 1.29 is 9.53 Å². The average Bonchev–Trinajstić information content (AvgIpc) is 2.98. The van der Waals surface area contributed by atoms with Gasteiger partial charge in [-0.15, -0.1) is 10.2 Å². The van der Waals surface area contributed by atoms with E-state index in [1.165, 1.54) is 0 Å². The lowest BCUT2D eigenvalue weighted by atomic mass is 10.1. The van der Waals surface area contributed by atoms with Gasteiger partial charge in [0.15, 0.2) is 11.6 Å². The van der Waals surface area contributed by atoms with Gasteiger partial charge in [0.2, 0.25) is 5.91 Å².